The van der Waals surface area contributed by atoms with Crippen molar-refractivity contribution in [2.45, 2.75) is 58.3 Å². The Balaban J connectivity index is 1.54. The van der Waals surface area contributed by atoms with Gasteiger partial charge >= 0.3 is 0 Å². The molecule has 87 valence electrons. The van der Waals surface area contributed by atoms with E-state index in [9.17, 15) is 0 Å². The van der Waals surface area contributed by atoms with Crippen molar-refractivity contribution in [2.75, 3.05) is 0 Å². The second kappa shape index (κ2) is 5.93. The molecule has 0 amide bonds. The lowest BCUT2D eigenvalue weighted by atomic mass is 10.0. The molecule has 2 rings (SSSR count). The summed E-state index contributed by atoms with van der Waals surface area (Å²) in [6.07, 6.45) is 10.7. The topological polar surface area (TPSA) is 12.5 Å². The first-order valence-electron chi connectivity index (χ1n) is 6.63. The highest BCUT2D eigenvalue weighted by atomic mass is 16.6. The predicted octanol–water partition coefficient (Wildman–Crippen LogP) is 4.89. The van der Waals surface area contributed by atoms with E-state index in [1.165, 1.54) is 50.5 Å². The Morgan fingerprint density at radius 3 is 2.62 bits per heavy atom. The van der Waals surface area contributed by atoms with E-state index in [1.54, 1.807) is 0 Å². The molecule has 1 radical (unpaired) electrons. The number of aryl methyl sites for hydroxylation is 1. The smallest absolute Gasteiger partial charge is 0.173 e. The molecule has 0 aromatic heterocycles. The Kier molecular flexibility index (Phi) is 4.26. The highest BCUT2D eigenvalue weighted by Crippen LogP contribution is 2.47. The normalized spacial score (nSPS) is 12.1. The predicted molar refractivity (Wildman–Crippen MR) is 67.0 cm³/mol. The average molecular weight is 217 g/mol. The van der Waals surface area contributed by atoms with Gasteiger partial charge in [-0.25, -0.2) is 0 Å². The van der Waals surface area contributed by atoms with Gasteiger partial charge in [-0.15, -0.1) is 0 Å². The fourth-order valence-electron chi connectivity index (χ4n) is 2.13. The highest BCUT2D eigenvalue weighted by Gasteiger charge is 2.22. The van der Waals surface area contributed by atoms with Crippen LogP contribution in [-0.2, 0) is 6.42 Å². The molecule has 0 bridgehead atoms. The Morgan fingerprint density at radius 1 is 1.06 bits per heavy atom. The van der Waals surface area contributed by atoms with Crippen molar-refractivity contribution >= 4 is 0 Å². The van der Waals surface area contributed by atoms with E-state index < -0.39 is 0 Å². The van der Waals surface area contributed by atoms with Crippen molar-refractivity contribution < 1.29 is 4.74 Å². The minimum Gasteiger partial charge on any atom is -0.449 e. The van der Waals surface area contributed by atoms with Gasteiger partial charge in [0.2, 0.25) is 0 Å². The molecule has 0 atom stereocenters. The minimum absolute atomic E-state index is 1.07. The van der Waals surface area contributed by atoms with Gasteiger partial charge in [0.25, 0.3) is 0 Å². The molecule has 1 heteroatoms. The maximum atomic E-state index is 5.35. The van der Waals surface area contributed by atoms with Gasteiger partial charge in [-0.3, -0.25) is 0 Å². The molecule has 0 unspecified atom stereocenters. The van der Waals surface area contributed by atoms with Gasteiger partial charge in [0, 0.05) is 5.56 Å². The molecular formula is C15H21O. The first kappa shape index (κ1) is 11.5. The molecule has 1 aromatic rings. The Bertz CT molecular complexity index is 330. The molecule has 0 fully saturated rings. The van der Waals surface area contributed by atoms with Crippen molar-refractivity contribution in [1.29, 1.82) is 0 Å². The fraction of sp³-hybridized carbons (Fsp3) is 0.600. The molecule has 0 N–H and O–H groups in total. The van der Waals surface area contributed by atoms with Gasteiger partial charge in [-0.05, 0) is 25.0 Å². The second-order valence-electron chi connectivity index (χ2n) is 4.62. The SMILES string of the molecule is CCCCCCCCCc1[c]ccc2c1O2. The summed E-state index contributed by atoms with van der Waals surface area (Å²) in [5.74, 6) is 2.17. The van der Waals surface area contributed by atoms with Crippen LogP contribution in [0.3, 0.4) is 0 Å². The monoisotopic (exact) mass is 217 g/mol. The zero-order valence-electron chi connectivity index (χ0n) is 10.2. The molecule has 1 aliphatic heterocycles. The van der Waals surface area contributed by atoms with Crippen LogP contribution >= 0.6 is 0 Å². The van der Waals surface area contributed by atoms with Crippen LogP contribution in [0.5, 0.6) is 11.5 Å². The third-order valence-electron chi connectivity index (χ3n) is 3.19. The molecule has 0 saturated carbocycles. The number of unbranched alkanes of at least 4 members (excludes halogenated alkanes) is 6. The van der Waals surface area contributed by atoms with E-state index in [4.69, 9.17) is 4.74 Å². The molecule has 1 nitrogen and oxygen atoms in total. The Hall–Kier alpha value is -0.980. The minimum atomic E-state index is 1.07. The van der Waals surface area contributed by atoms with Gasteiger partial charge in [0.1, 0.15) is 0 Å². The van der Waals surface area contributed by atoms with Crippen LogP contribution in [0.25, 0.3) is 0 Å². The maximum absolute atomic E-state index is 5.35. The van der Waals surface area contributed by atoms with Crippen LogP contribution in [0.1, 0.15) is 57.4 Å². The summed E-state index contributed by atoms with van der Waals surface area (Å²) < 4.78 is 5.35. The number of hydrogen-bond acceptors (Lipinski definition) is 1. The lowest BCUT2D eigenvalue weighted by Gasteiger charge is -2.00. The van der Waals surface area contributed by atoms with Crippen molar-refractivity contribution in [3.63, 3.8) is 0 Å². The van der Waals surface area contributed by atoms with Gasteiger partial charge in [0.15, 0.2) is 11.5 Å². The summed E-state index contributed by atoms with van der Waals surface area (Å²) in [4.78, 5) is 0. The lowest BCUT2D eigenvalue weighted by Crippen LogP contribution is -1.85. The van der Waals surface area contributed by atoms with Crippen molar-refractivity contribution in [1.82, 2.24) is 0 Å². The lowest BCUT2D eigenvalue weighted by molar-refractivity contribution is 0.586. The standard InChI is InChI=1S/C15H21O/c1-2-3-4-5-6-7-8-10-13-11-9-12-14-15(13)16-14/h9,12H,2-8,10H2,1H3. The van der Waals surface area contributed by atoms with E-state index in [0.29, 0.717) is 0 Å². The van der Waals surface area contributed by atoms with E-state index in [-0.39, 0.29) is 0 Å². The van der Waals surface area contributed by atoms with Gasteiger partial charge in [0.05, 0.1) is 0 Å². The van der Waals surface area contributed by atoms with Crippen molar-refractivity contribution in [3.8, 4) is 11.5 Å². The quantitative estimate of drug-likeness (QED) is 0.453. The molecular weight excluding hydrogens is 196 g/mol. The number of ether oxygens (including phenoxy) is 1. The van der Waals surface area contributed by atoms with E-state index in [0.717, 1.165) is 17.9 Å². The Labute approximate surface area is 98.8 Å². The van der Waals surface area contributed by atoms with Crippen LogP contribution in [0, 0.1) is 6.07 Å². The number of hydrogen-bond donors (Lipinski definition) is 0. The summed E-state index contributed by atoms with van der Waals surface area (Å²) in [5.41, 5.74) is 1.28. The largest absolute Gasteiger partial charge is 0.449 e. The second-order valence-corrected chi connectivity index (χ2v) is 4.62. The van der Waals surface area contributed by atoms with Crippen LogP contribution in [0.4, 0.5) is 0 Å². The average Bonchev–Trinajstić information content (AvgIpc) is 3.07. The molecule has 1 aromatic carbocycles. The van der Waals surface area contributed by atoms with Crippen LogP contribution in [0.15, 0.2) is 12.1 Å². The van der Waals surface area contributed by atoms with Gasteiger partial charge in [-0.2, -0.15) is 0 Å². The number of benzene rings is 1. The first-order valence-corrected chi connectivity index (χ1v) is 6.63. The van der Waals surface area contributed by atoms with E-state index in [1.807, 2.05) is 12.1 Å². The molecule has 0 spiro atoms. The third kappa shape index (κ3) is 3.26. The maximum Gasteiger partial charge on any atom is 0.173 e. The highest BCUT2D eigenvalue weighted by molar-refractivity contribution is 5.58. The van der Waals surface area contributed by atoms with Crippen molar-refractivity contribution in [2.24, 2.45) is 0 Å². The van der Waals surface area contributed by atoms with Gasteiger partial charge < -0.3 is 4.74 Å². The van der Waals surface area contributed by atoms with Crippen molar-refractivity contribution in [3.05, 3.63) is 23.8 Å². The fourth-order valence-corrected chi connectivity index (χ4v) is 2.13. The summed E-state index contributed by atoms with van der Waals surface area (Å²) in [6.45, 7) is 2.26. The zero-order valence-corrected chi connectivity index (χ0v) is 10.2. The van der Waals surface area contributed by atoms with Gasteiger partial charge in [-0.1, -0.05) is 51.5 Å². The van der Waals surface area contributed by atoms with E-state index in [2.05, 4.69) is 13.0 Å². The molecule has 16 heavy (non-hydrogen) atoms. The van der Waals surface area contributed by atoms with Crippen LogP contribution < -0.4 is 4.74 Å². The summed E-state index contributed by atoms with van der Waals surface area (Å²) in [6, 6.07) is 7.24. The molecule has 0 aliphatic carbocycles. The molecule has 1 heterocycles. The van der Waals surface area contributed by atoms with Crippen LogP contribution in [0.2, 0.25) is 0 Å². The number of rotatable bonds is 8. The third-order valence-corrected chi connectivity index (χ3v) is 3.19. The van der Waals surface area contributed by atoms with Crippen LogP contribution in [-0.4, -0.2) is 0 Å². The van der Waals surface area contributed by atoms with E-state index >= 15 is 0 Å². The molecule has 0 saturated heterocycles. The summed E-state index contributed by atoms with van der Waals surface area (Å²) in [5, 5.41) is 0. The zero-order chi connectivity index (χ0) is 11.2. The molecule has 1 aliphatic rings. The summed E-state index contributed by atoms with van der Waals surface area (Å²) >= 11 is 0. The number of fused-ring (bicyclic) bond motifs is 1. The first-order chi connectivity index (χ1) is 7.92. The summed E-state index contributed by atoms with van der Waals surface area (Å²) in [7, 11) is 0. The Morgan fingerprint density at radius 2 is 1.81 bits per heavy atom.